The highest BCUT2D eigenvalue weighted by Crippen LogP contribution is 2.38. The van der Waals surface area contributed by atoms with Crippen LogP contribution in [-0.2, 0) is 22.2 Å². The molecule has 7 heteroatoms. The van der Waals surface area contributed by atoms with Crippen molar-refractivity contribution in [1.82, 2.24) is 4.98 Å². The highest BCUT2D eigenvalue weighted by Gasteiger charge is 2.35. The number of aryl methyl sites for hydroxylation is 1. The second kappa shape index (κ2) is 8.15. The molecule has 1 fully saturated rings. The van der Waals surface area contributed by atoms with Gasteiger partial charge in [-0.3, -0.25) is 4.79 Å². The number of nitrogens with zero attached hydrogens (tertiary/aromatic N) is 1. The van der Waals surface area contributed by atoms with Crippen LogP contribution in [0, 0.1) is 11.8 Å². The zero-order valence-corrected chi connectivity index (χ0v) is 16.6. The summed E-state index contributed by atoms with van der Waals surface area (Å²) in [6.07, 6.45) is -0.560. The van der Waals surface area contributed by atoms with Crippen LogP contribution in [0.4, 0.5) is 13.2 Å². The summed E-state index contributed by atoms with van der Waals surface area (Å²) in [7, 11) is 0. The molecular formula is C21H22F3NO2S. The number of rotatable bonds is 6. The Hall–Kier alpha value is -2.02. The summed E-state index contributed by atoms with van der Waals surface area (Å²) in [5.74, 6) is -0.626. The molecule has 0 spiro atoms. The van der Waals surface area contributed by atoms with Gasteiger partial charge in [-0.05, 0) is 43.7 Å². The highest BCUT2D eigenvalue weighted by atomic mass is 32.1. The molecule has 1 saturated carbocycles. The van der Waals surface area contributed by atoms with Crippen LogP contribution >= 0.6 is 11.3 Å². The lowest BCUT2D eigenvalue weighted by molar-refractivity contribution is -0.137. The minimum absolute atomic E-state index is 0.0849. The summed E-state index contributed by atoms with van der Waals surface area (Å²) in [6.45, 7) is 4.02. The molecule has 28 heavy (non-hydrogen) atoms. The fourth-order valence-electron chi connectivity index (χ4n) is 3.77. The van der Waals surface area contributed by atoms with Gasteiger partial charge in [0, 0.05) is 16.4 Å². The van der Waals surface area contributed by atoms with Crippen LogP contribution in [0.5, 0.6) is 0 Å². The molecule has 150 valence electrons. The lowest BCUT2D eigenvalue weighted by Crippen LogP contribution is -2.22. The second-order valence-corrected chi connectivity index (χ2v) is 8.47. The van der Waals surface area contributed by atoms with Crippen molar-refractivity contribution in [2.75, 3.05) is 0 Å². The number of halogens is 3. The van der Waals surface area contributed by atoms with Crippen LogP contribution in [0.25, 0.3) is 10.6 Å². The van der Waals surface area contributed by atoms with Gasteiger partial charge in [0.2, 0.25) is 0 Å². The molecule has 3 nitrogen and oxygen atoms in total. The van der Waals surface area contributed by atoms with Gasteiger partial charge >= 0.3 is 6.18 Å². The van der Waals surface area contributed by atoms with Crippen molar-refractivity contribution in [3.63, 3.8) is 0 Å². The number of carbonyl (C=O) groups is 2. The molecule has 3 atom stereocenters. The first-order valence-electron chi connectivity index (χ1n) is 9.40. The first kappa shape index (κ1) is 20.7. The zero-order valence-electron chi connectivity index (χ0n) is 15.8. The van der Waals surface area contributed by atoms with Gasteiger partial charge in [0.15, 0.2) is 5.78 Å². The Labute approximate surface area is 166 Å². The van der Waals surface area contributed by atoms with Gasteiger partial charge < -0.3 is 4.79 Å². The molecule has 1 aliphatic rings. The molecule has 1 aliphatic carbocycles. The average Bonchev–Trinajstić information content (AvgIpc) is 3.28. The van der Waals surface area contributed by atoms with E-state index in [1.165, 1.54) is 23.5 Å². The third-order valence-electron chi connectivity index (χ3n) is 5.34. The lowest BCUT2D eigenvalue weighted by atomic mass is 9.89. The Kier molecular flexibility index (Phi) is 6.03. The standard InChI is InChI=1S/C21H22F3NO2S/c1-3-17-18(16(11-26)19(27)14-5-4-12(2)10-14)25-20(28-17)13-6-8-15(9-7-13)21(22,23)24/h6-9,11-12,14,16H,3-5,10H2,1-2H3/t12-,14-,16?/m1/s1. The maximum absolute atomic E-state index is 12.9. The second-order valence-electron chi connectivity index (χ2n) is 7.39. The molecule has 0 bridgehead atoms. The largest absolute Gasteiger partial charge is 0.416 e. The first-order chi connectivity index (χ1) is 13.2. The van der Waals surface area contributed by atoms with Gasteiger partial charge in [0.05, 0.1) is 11.3 Å². The smallest absolute Gasteiger partial charge is 0.302 e. The van der Waals surface area contributed by atoms with Crippen molar-refractivity contribution >= 4 is 23.4 Å². The molecule has 1 unspecified atom stereocenters. The van der Waals surface area contributed by atoms with Crippen LogP contribution in [0.15, 0.2) is 24.3 Å². The fourth-order valence-corrected chi connectivity index (χ4v) is 4.82. The molecule has 0 amide bonds. The summed E-state index contributed by atoms with van der Waals surface area (Å²) in [5.41, 5.74) is 0.285. The topological polar surface area (TPSA) is 47.0 Å². The molecule has 2 aromatic rings. The summed E-state index contributed by atoms with van der Waals surface area (Å²) < 4.78 is 38.3. The normalized spacial score (nSPS) is 20.9. The molecule has 1 heterocycles. The quantitative estimate of drug-likeness (QED) is 0.456. The predicted molar refractivity (Wildman–Crippen MR) is 102 cm³/mol. The highest BCUT2D eigenvalue weighted by molar-refractivity contribution is 7.15. The Balaban J connectivity index is 1.91. The molecule has 1 aromatic heterocycles. The third kappa shape index (κ3) is 4.19. The van der Waals surface area contributed by atoms with Gasteiger partial charge in [-0.1, -0.05) is 26.0 Å². The van der Waals surface area contributed by atoms with Gasteiger partial charge in [0.25, 0.3) is 0 Å². The number of alkyl halides is 3. The average molecular weight is 409 g/mol. The van der Waals surface area contributed by atoms with Crippen LogP contribution < -0.4 is 0 Å². The summed E-state index contributed by atoms with van der Waals surface area (Å²) in [5, 5.41) is 0.528. The van der Waals surface area contributed by atoms with Crippen molar-refractivity contribution in [3.8, 4) is 10.6 Å². The van der Waals surface area contributed by atoms with Crippen LogP contribution in [0.2, 0.25) is 0 Å². The van der Waals surface area contributed by atoms with E-state index in [0.717, 1.165) is 36.3 Å². The van der Waals surface area contributed by atoms with Crippen LogP contribution in [0.3, 0.4) is 0 Å². The number of thiazole rings is 1. The zero-order chi connectivity index (χ0) is 20.5. The van der Waals surface area contributed by atoms with Crippen molar-refractivity contribution in [2.45, 2.75) is 51.6 Å². The number of hydrogen-bond acceptors (Lipinski definition) is 4. The number of carbonyl (C=O) groups excluding carboxylic acids is 2. The predicted octanol–water partition coefficient (Wildman–Crippen LogP) is 5.68. The van der Waals surface area contributed by atoms with E-state index < -0.39 is 17.7 Å². The van der Waals surface area contributed by atoms with E-state index in [9.17, 15) is 22.8 Å². The van der Waals surface area contributed by atoms with Crippen molar-refractivity contribution in [2.24, 2.45) is 11.8 Å². The molecule has 0 aliphatic heterocycles. The Morgan fingerprint density at radius 3 is 2.46 bits per heavy atom. The molecular weight excluding hydrogens is 387 g/mol. The Bertz CT molecular complexity index is 858. The van der Waals surface area contributed by atoms with E-state index >= 15 is 0 Å². The summed E-state index contributed by atoms with van der Waals surface area (Å²) in [6, 6.07) is 4.79. The number of aromatic nitrogens is 1. The number of Topliss-reactive ketones (excluding diaryl/α,β-unsaturated/α-hetero) is 1. The van der Waals surface area contributed by atoms with E-state index in [2.05, 4.69) is 11.9 Å². The SMILES string of the molecule is CCc1sc(-c2ccc(C(F)(F)F)cc2)nc1C(C=O)C(=O)[C@@H]1CC[C@@H](C)C1. The van der Waals surface area contributed by atoms with Crippen molar-refractivity contribution in [3.05, 3.63) is 40.4 Å². The minimum atomic E-state index is -4.39. The first-order valence-corrected chi connectivity index (χ1v) is 10.2. The fraction of sp³-hybridized carbons (Fsp3) is 0.476. The van der Waals surface area contributed by atoms with Gasteiger partial charge in [-0.2, -0.15) is 13.2 Å². The monoisotopic (exact) mass is 409 g/mol. The van der Waals surface area contributed by atoms with E-state index in [1.54, 1.807) is 0 Å². The number of ketones is 1. The molecule has 3 rings (SSSR count). The number of aldehydes is 1. The lowest BCUT2D eigenvalue weighted by Gasteiger charge is -2.14. The van der Waals surface area contributed by atoms with Crippen molar-refractivity contribution < 1.29 is 22.8 Å². The van der Waals surface area contributed by atoms with E-state index in [4.69, 9.17) is 0 Å². The summed E-state index contributed by atoms with van der Waals surface area (Å²) in [4.78, 5) is 30.0. The maximum atomic E-state index is 12.9. The third-order valence-corrected chi connectivity index (χ3v) is 6.61. The molecule has 1 aromatic carbocycles. The van der Waals surface area contributed by atoms with E-state index in [1.807, 2.05) is 6.92 Å². The molecule has 0 saturated heterocycles. The van der Waals surface area contributed by atoms with Gasteiger partial charge in [-0.15, -0.1) is 11.3 Å². The number of benzene rings is 1. The number of hydrogen-bond donors (Lipinski definition) is 0. The molecule has 0 radical (unpaired) electrons. The van der Waals surface area contributed by atoms with E-state index in [-0.39, 0.29) is 11.7 Å². The molecule has 0 N–H and O–H groups in total. The van der Waals surface area contributed by atoms with E-state index in [0.29, 0.717) is 34.9 Å². The van der Waals surface area contributed by atoms with Crippen LogP contribution in [0.1, 0.15) is 55.2 Å². The summed E-state index contributed by atoms with van der Waals surface area (Å²) >= 11 is 1.33. The van der Waals surface area contributed by atoms with Crippen molar-refractivity contribution in [1.29, 1.82) is 0 Å². The maximum Gasteiger partial charge on any atom is 0.416 e. The Morgan fingerprint density at radius 1 is 1.29 bits per heavy atom. The van der Waals surface area contributed by atoms with Crippen LogP contribution in [-0.4, -0.2) is 17.1 Å². The van der Waals surface area contributed by atoms with Gasteiger partial charge in [0.1, 0.15) is 17.2 Å². The Morgan fingerprint density at radius 2 is 1.96 bits per heavy atom. The minimum Gasteiger partial charge on any atom is -0.302 e. The van der Waals surface area contributed by atoms with Gasteiger partial charge in [-0.25, -0.2) is 4.98 Å².